The first-order valence-electron chi connectivity index (χ1n) is 9.07. The Morgan fingerprint density at radius 2 is 1.84 bits per heavy atom. The summed E-state index contributed by atoms with van der Waals surface area (Å²) in [6.07, 6.45) is 2.15. The topological polar surface area (TPSA) is 60.9 Å². The predicted octanol–water partition coefficient (Wildman–Crippen LogP) is 2.36. The molecule has 136 valence electrons. The number of aliphatic carboxylic acids is 1. The lowest BCUT2D eigenvalue weighted by molar-refractivity contribution is -0.166. The number of carbonyl (C=O) groups is 2. The molecule has 0 saturated carbocycles. The Balaban J connectivity index is 1.84. The van der Waals surface area contributed by atoms with Gasteiger partial charge in [-0.25, -0.2) is 0 Å². The minimum absolute atomic E-state index is 0.0802. The molecule has 0 aliphatic carbocycles. The molecule has 1 aromatic rings. The van der Waals surface area contributed by atoms with Gasteiger partial charge in [0.1, 0.15) is 0 Å². The molecule has 2 heterocycles. The van der Waals surface area contributed by atoms with E-state index >= 15 is 0 Å². The molecule has 0 radical (unpaired) electrons. The Labute approximate surface area is 149 Å². The van der Waals surface area contributed by atoms with Gasteiger partial charge in [-0.15, -0.1) is 0 Å². The Kier molecular flexibility index (Phi) is 4.62. The van der Waals surface area contributed by atoms with Gasteiger partial charge in [-0.05, 0) is 52.3 Å². The number of carboxylic acid groups (broad SMARTS) is 1. The van der Waals surface area contributed by atoms with Crippen LogP contribution in [-0.2, 0) is 15.0 Å². The summed E-state index contributed by atoms with van der Waals surface area (Å²) in [7, 11) is 1.98. The summed E-state index contributed by atoms with van der Waals surface area (Å²) in [5.74, 6) is -0.630. The molecule has 2 fully saturated rings. The number of carboxylic acids is 1. The highest BCUT2D eigenvalue weighted by molar-refractivity contribution is 5.88. The average molecular weight is 344 g/mol. The van der Waals surface area contributed by atoms with Crippen molar-refractivity contribution < 1.29 is 14.7 Å². The third-order valence-corrected chi connectivity index (χ3v) is 6.27. The Bertz CT molecular complexity index is 658. The zero-order valence-corrected chi connectivity index (χ0v) is 15.4. The van der Waals surface area contributed by atoms with E-state index in [9.17, 15) is 14.7 Å². The molecule has 25 heavy (non-hydrogen) atoms. The molecule has 0 unspecified atom stereocenters. The van der Waals surface area contributed by atoms with Crippen molar-refractivity contribution in [2.24, 2.45) is 5.41 Å². The van der Waals surface area contributed by atoms with Gasteiger partial charge < -0.3 is 14.9 Å². The molecule has 1 aromatic carbocycles. The SMILES string of the molecule is CN1CCC[C@]2(C(=O)O)CCN(C(=O)C(C)(C)c3ccccc3)C[C@@H]12. The summed E-state index contributed by atoms with van der Waals surface area (Å²) in [5, 5.41) is 9.87. The predicted molar refractivity (Wildman–Crippen MR) is 96.4 cm³/mol. The van der Waals surface area contributed by atoms with Crippen molar-refractivity contribution in [1.82, 2.24) is 9.80 Å². The van der Waals surface area contributed by atoms with Gasteiger partial charge in [-0.3, -0.25) is 9.59 Å². The second-order valence-corrected chi connectivity index (χ2v) is 8.05. The fourth-order valence-corrected chi connectivity index (χ4v) is 4.54. The van der Waals surface area contributed by atoms with E-state index in [4.69, 9.17) is 0 Å². The van der Waals surface area contributed by atoms with Crippen LogP contribution in [0.3, 0.4) is 0 Å². The molecule has 1 amide bonds. The molecule has 1 N–H and O–H groups in total. The lowest BCUT2D eigenvalue weighted by Crippen LogP contribution is -2.64. The van der Waals surface area contributed by atoms with Crippen molar-refractivity contribution in [3.8, 4) is 0 Å². The average Bonchev–Trinajstić information content (AvgIpc) is 2.61. The first-order chi connectivity index (χ1) is 11.8. The van der Waals surface area contributed by atoms with Crippen molar-refractivity contribution in [1.29, 1.82) is 0 Å². The number of hydrogen-bond acceptors (Lipinski definition) is 3. The second-order valence-electron chi connectivity index (χ2n) is 8.05. The Morgan fingerprint density at radius 1 is 1.16 bits per heavy atom. The van der Waals surface area contributed by atoms with Crippen LogP contribution in [0.2, 0.25) is 0 Å². The van der Waals surface area contributed by atoms with Crippen LogP contribution < -0.4 is 0 Å². The number of carbonyl (C=O) groups excluding carboxylic acids is 1. The lowest BCUT2D eigenvalue weighted by Gasteiger charge is -2.52. The van der Waals surface area contributed by atoms with Gasteiger partial charge >= 0.3 is 5.97 Å². The number of likely N-dealkylation sites (tertiary alicyclic amines) is 2. The van der Waals surface area contributed by atoms with Gasteiger partial charge in [0.2, 0.25) is 5.91 Å². The minimum Gasteiger partial charge on any atom is -0.481 e. The van der Waals surface area contributed by atoms with Crippen LogP contribution >= 0.6 is 0 Å². The lowest BCUT2D eigenvalue weighted by atomic mass is 9.68. The molecule has 0 spiro atoms. The number of likely N-dealkylation sites (N-methyl/N-ethyl adjacent to an activating group) is 1. The number of rotatable bonds is 3. The van der Waals surface area contributed by atoms with Gasteiger partial charge in [0.25, 0.3) is 0 Å². The van der Waals surface area contributed by atoms with E-state index in [-0.39, 0.29) is 11.9 Å². The molecule has 5 heteroatoms. The number of amides is 1. The van der Waals surface area contributed by atoms with Crippen LogP contribution in [0.25, 0.3) is 0 Å². The van der Waals surface area contributed by atoms with E-state index in [0.29, 0.717) is 25.9 Å². The number of fused-ring (bicyclic) bond motifs is 1. The summed E-state index contributed by atoms with van der Waals surface area (Å²) < 4.78 is 0. The molecule has 2 atom stereocenters. The van der Waals surface area contributed by atoms with Gasteiger partial charge in [0.15, 0.2) is 0 Å². The van der Waals surface area contributed by atoms with E-state index < -0.39 is 16.8 Å². The van der Waals surface area contributed by atoms with E-state index in [0.717, 1.165) is 18.5 Å². The smallest absolute Gasteiger partial charge is 0.311 e. The largest absolute Gasteiger partial charge is 0.481 e. The maximum atomic E-state index is 13.2. The van der Waals surface area contributed by atoms with Gasteiger partial charge in [-0.1, -0.05) is 30.3 Å². The third-order valence-electron chi connectivity index (χ3n) is 6.27. The summed E-state index contributed by atoms with van der Waals surface area (Å²) in [5.41, 5.74) is -0.328. The number of hydrogen-bond donors (Lipinski definition) is 1. The first kappa shape index (κ1) is 17.9. The highest BCUT2D eigenvalue weighted by Gasteiger charge is 2.53. The standard InChI is InChI=1S/C20H28N2O3/c1-19(2,15-8-5-4-6-9-15)17(23)22-13-11-20(18(24)25)10-7-12-21(3)16(20)14-22/h4-6,8-9,16H,7,10-14H2,1-3H3,(H,24,25)/t16-,20+/m1/s1. The van der Waals surface area contributed by atoms with E-state index in [1.165, 1.54) is 0 Å². The molecule has 5 nitrogen and oxygen atoms in total. The number of benzene rings is 1. The monoisotopic (exact) mass is 344 g/mol. The number of piperidine rings is 2. The van der Waals surface area contributed by atoms with Crippen LogP contribution in [-0.4, -0.2) is 59.5 Å². The second kappa shape index (κ2) is 6.45. The molecule has 2 saturated heterocycles. The molecule has 0 bridgehead atoms. The summed E-state index contributed by atoms with van der Waals surface area (Å²) in [6.45, 7) is 5.82. The molecule has 3 rings (SSSR count). The van der Waals surface area contributed by atoms with Crippen molar-refractivity contribution in [3.63, 3.8) is 0 Å². The maximum Gasteiger partial charge on any atom is 0.311 e. The van der Waals surface area contributed by atoms with Crippen LogP contribution in [0.1, 0.15) is 38.7 Å². The maximum absolute atomic E-state index is 13.2. The van der Waals surface area contributed by atoms with Crippen LogP contribution in [0.5, 0.6) is 0 Å². The minimum atomic E-state index is -0.710. The zero-order chi connectivity index (χ0) is 18.2. The highest BCUT2D eigenvalue weighted by atomic mass is 16.4. The Hall–Kier alpha value is -1.88. The van der Waals surface area contributed by atoms with Crippen molar-refractivity contribution >= 4 is 11.9 Å². The molecular weight excluding hydrogens is 316 g/mol. The molecule has 2 aliphatic heterocycles. The summed E-state index contributed by atoms with van der Waals surface area (Å²) in [6, 6.07) is 9.70. The van der Waals surface area contributed by atoms with Gasteiger partial charge in [0, 0.05) is 19.1 Å². The van der Waals surface area contributed by atoms with E-state index in [1.54, 1.807) is 0 Å². The third kappa shape index (κ3) is 2.95. The fourth-order valence-electron chi connectivity index (χ4n) is 4.54. The van der Waals surface area contributed by atoms with Crippen molar-refractivity contribution in [2.45, 2.75) is 44.6 Å². The van der Waals surface area contributed by atoms with Crippen LogP contribution in [0.15, 0.2) is 30.3 Å². The zero-order valence-electron chi connectivity index (χ0n) is 15.4. The first-order valence-corrected chi connectivity index (χ1v) is 9.07. The van der Waals surface area contributed by atoms with Gasteiger partial charge in [0.05, 0.1) is 10.8 Å². The number of nitrogens with zero attached hydrogens (tertiary/aromatic N) is 2. The fraction of sp³-hybridized carbons (Fsp3) is 0.600. The molecular formula is C20H28N2O3. The molecule has 0 aromatic heterocycles. The van der Waals surface area contributed by atoms with E-state index in [2.05, 4.69) is 4.90 Å². The summed E-state index contributed by atoms with van der Waals surface area (Å²) >= 11 is 0. The van der Waals surface area contributed by atoms with Crippen molar-refractivity contribution in [3.05, 3.63) is 35.9 Å². The van der Waals surface area contributed by atoms with Crippen molar-refractivity contribution in [2.75, 3.05) is 26.7 Å². The van der Waals surface area contributed by atoms with Crippen LogP contribution in [0.4, 0.5) is 0 Å². The quantitative estimate of drug-likeness (QED) is 0.914. The Morgan fingerprint density at radius 3 is 2.48 bits per heavy atom. The van der Waals surface area contributed by atoms with Crippen LogP contribution in [0, 0.1) is 5.41 Å². The molecule has 2 aliphatic rings. The summed E-state index contributed by atoms with van der Waals surface area (Å²) in [4.78, 5) is 29.3. The van der Waals surface area contributed by atoms with E-state index in [1.807, 2.05) is 56.1 Å². The highest BCUT2D eigenvalue weighted by Crippen LogP contribution is 2.43. The van der Waals surface area contributed by atoms with Gasteiger partial charge in [-0.2, -0.15) is 0 Å². The normalized spacial score (nSPS) is 27.6.